The molecule has 0 bridgehead atoms. The molecule has 2 aliphatic rings. The van der Waals surface area contributed by atoms with Crippen LogP contribution >= 0.6 is 0 Å². The number of aliphatic hydroxyl groups excluding tert-OH is 2. The summed E-state index contributed by atoms with van der Waals surface area (Å²) in [5.41, 5.74) is 0.521. The number of hydrogen-bond donors (Lipinski definition) is 4. The van der Waals surface area contributed by atoms with Crippen LogP contribution in [0.1, 0.15) is 52.7 Å². The van der Waals surface area contributed by atoms with Crippen molar-refractivity contribution in [1.82, 2.24) is 20.4 Å². The Balaban J connectivity index is 0.000000260. The van der Waals surface area contributed by atoms with E-state index in [9.17, 15) is 29.4 Å². The van der Waals surface area contributed by atoms with Crippen molar-refractivity contribution in [2.24, 2.45) is 0 Å². The summed E-state index contributed by atoms with van der Waals surface area (Å²) in [5.74, 6) is 0. The number of ether oxygens (including phenoxy) is 4. The maximum Gasteiger partial charge on any atom is 0.410 e. The van der Waals surface area contributed by atoms with Gasteiger partial charge in [-0.25, -0.2) is 19.2 Å². The van der Waals surface area contributed by atoms with E-state index in [1.165, 1.54) is 9.80 Å². The number of carbonyl (C=O) groups excluding carboxylic acids is 4. The van der Waals surface area contributed by atoms with Gasteiger partial charge >= 0.3 is 24.4 Å². The van der Waals surface area contributed by atoms with Gasteiger partial charge < -0.3 is 49.6 Å². The lowest BCUT2D eigenvalue weighted by atomic mass is 10.2. The molecule has 14 nitrogen and oxygen atoms in total. The Labute approximate surface area is 281 Å². The summed E-state index contributed by atoms with van der Waals surface area (Å²) >= 11 is 0. The summed E-state index contributed by atoms with van der Waals surface area (Å²) in [6.45, 7) is 11.4. The lowest BCUT2D eigenvalue weighted by Gasteiger charge is -2.22. The number of aliphatic hydroxyl groups is 2. The molecule has 4 atom stereocenters. The highest BCUT2D eigenvalue weighted by molar-refractivity contribution is 5.71. The van der Waals surface area contributed by atoms with Gasteiger partial charge in [0.1, 0.15) is 24.4 Å². The number of nitrogens with zero attached hydrogens (tertiary/aromatic N) is 2. The third-order valence-electron chi connectivity index (χ3n) is 6.91. The van der Waals surface area contributed by atoms with Gasteiger partial charge in [0.25, 0.3) is 0 Å². The third kappa shape index (κ3) is 13.3. The number of rotatable bonds is 6. The number of carbonyl (C=O) groups is 4. The second-order valence-corrected chi connectivity index (χ2v) is 13.5. The minimum atomic E-state index is -0.859. The van der Waals surface area contributed by atoms with Gasteiger partial charge in [-0.05, 0) is 52.7 Å². The lowest BCUT2D eigenvalue weighted by molar-refractivity contribution is 0.0452. The Morgan fingerprint density at radius 1 is 0.625 bits per heavy atom. The normalized spacial score (nSPS) is 20.6. The molecule has 2 aromatic carbocycles. The van der Waals surface area contributed by atoms with Crippen molar-refractivity contribution in [3.8, 4) is 0 Å². The highest BCUT2D eigenvalue weighted by Crippen LogP contribution is 2.16. The average molecular weight is 673 g/mol. The summed E-state index contributed by atoms with van der Waals surface area (Å²) in [4.78, 5) is 50.4. The third-order valence-corrected chi connectivity index (χ3v) is 6.91. The summed E-state index contributed by atoms with van der Waals surface area (Å²) in [5, 5.41) is 25.2. The molecule has 0 saturated carbocycles. The molecule has 0 aromatic heterocycles. The largest absolute Gasteiger partial charge is 0.445 e. The van der Waals surface area contributed by atoms with Crippen LogP contribution in [0.4, 0.5) is 19.2 Å². The van der Waals surface area contributed by atoms with Crippen LogP contribution in [0.25, 0.3) is 0 Å². The first kappa shape index (κ1) is 37.9. The van der Waals surface area contributed by atoms with Crippen LogP contribution in [0.3, 0.4) is 0 Å². The smallest absolute Gasteiger partial charge is 0.410 e. The molecule has 4 N–H and O–H groups in total. The Hall–Kier alpha value is -4.56. The molecule has 0 spiro atoms. The predicted octanol–water partition coefficient (Wildman–Crippen LogP) is 3.79. The zero-order valence-corrected chi connectivity index (χ0v) is 28.4. The second-order valence-electron chi connectivity index (χ2n) is 13.5. The monoisotopic (exact) mass is 672 g/mol. The van der Waals surface area contributed by atoms with Crippen molar-refractivity contribution in [3.05, 3.63) is 71.8 Å². The van der Waals surface area contributed by atoms with E-state index in [0.29, 0.717) is 0 Å². The van der Waals surface area contributed by atoms with Gasteiger partial charge in [-0.15, -0.1) is 0 Å². The molecule has 4 rings (SSSR count). The van der Waals surface area contributed by atoms with Crippen LogP contribution in [-0.2, 0) is 32.2 Å². The Morgan fingerprint density at radius 2 is 0.958 bits per heavy atom. The molecular formula is C34H48N4O10. The van der Waals surface area contributed by atoms with Gasteiger partial charge in [0.2, 0.25) is 0 Å². The second kappa shape index (κ2) is 17.0. The standard InChI is InChI=1S/2C17H24N2O5/c2*1-17(2,3)24-15(21)18-13-9-19(10-14(13)20)16(22)23-11-12-7-5-4-6-8-12/h2*4-8,13-14,20H,9-11H2,1-3H3,(H,18,21)/t2*13-,14-/m10/s1. The number of nitrogens with one attached hydrogen (secondary N) is 2. The van der Waals surface area contributed by atoms with Gasteiger partial charge in [0, 0.05) is 13.1 Å². The fourth-order valence-corrected chi connectivity index (χ4v) is 4.69. The number of amides is 4. The first-order valence-corrected chi connectivity index (χ1v) is 15.8. The van der Waals surface area contributed by atoms with E-state index in [1.54, 1.807) is 41.5 Å². The number of β-amino-alcohol motifs (C(OH)–C–C–N with tert-alkyl or cyclic N) is 2. The van der Waals surface area contributed by atoms with E-state index >= 15 is 0 Å². The van der Waals surface area contributed by atoms with Crippen LogP contribution in [-0.4, -0.2) is 106 Å². The van der Waals surface area contributed by atoms with Crippen LogP contribution in [0.2, 0.25) is 0 Å². The first-order valence-electron chi connectivity index (χ1n) is 15.8. The van der Waals surface area contributed by atoms with Crippen LogP contribution in [0, 0.1) is 0 Å². The van der Waals surface area contributed by atoms with E-state index in [0.717, 1.165) is 11.1 Å². The van der Waals surface area contributed by atoms with E-state index in [4.69, 9.17) is 18.9 Å². The molecule has 2 saturated heterocycles. The van der Waals surface area contributed by atoms with Crippen molar-refractivity contribution in [3.63, 3.8) is 0 Å². The number of hydrogen-bond acceptors (Lipinski definition) is 10. The molecule has 14 heteroatoms. The zero-order chi connectivity index (χ0) is 35.5. The molecule has 2 aliphatic heterocycles. The number of likely N-dealkylation sites (tertiary alicyclic amines) is 2. The summed E-state index contributed by atoms with van der Waals surface area (Å²) in [6.07, 6.45) is -4.00. The molecule has 0 aliphatic carbocycles. The number of benzene rings is 2. The molecule has 2 fully saturated rings. The van der Waals surface area contributed by atoms with Gasteiger partial charge in [0.15, 0.2) is 0 Å². The molecule has 264 valence electrons. The number of alkyl carbamates (subject to hydrolysis) is 2. The summed E-state index contributed by atoms with van der Waals surface area (Å²) < 4.78 is 20.8. The Kier molecular flexibility index (Phi) is 13.4. The van der Waals surface area contributed by atoms with E-state index < -0.39 is 59.9 Å². The van der Waals surface area contributed by atoms with Crippen molar-refractivity contribution in [2.45, 2.75) is 90.2 Å². The molecule has 2 aromatic rings. The fraction of sp³-hybridized carbons (Fsp3) is 0.529. The van der Waals surface area contributed by atoms with Gasteiger partial charge in [-0.2, -0.15) is 0 Å². The van der Waals surface area contributed by atoms with Crippen molar-refractivity contribution in [2.75, 3.05) is 26.2 Å². The molecule has 4 amide bonds. The minimum Gasteiger partial charge on any atom is -0.445 e. The molecule has 0 radical (unpaired) electrons. The summed E-state index contributed by atoms with van der Waals surface area (Å²) in [6, 6.07) is 17.5. The van der Waals surface area contributed by atoms with E-state index in [2.05, 4.69) is 10.6 Å². The summed E-state index contributed by atoms with van der Waals surface area (Å²) in [7, 11) is 0. The maximum absolute atomic E-state index is 12.1. The van der Waals surface area contributed by atoms with Crippen molar-refractivity contribution < 1.29 is 48.3 Å². The highest BCUT2D eigenvalue weighted by atomic mass is 16.6. The van der Waals surface area contributed by atoms with Gasteiger partial charge in [-0.1, -0.05) is 60.7 Å². The Bertz CT molecular complexity index is 1240. The maximum atomic E-state index is 12.1. The molecule has 48 heavy (non-hydrogen) atoms. The SMILES string of the molecule is CC(C)(C)OC(=O)N[C@@H]1CN(C(=O)OCc2ccccc2)C[C@H]1O.CC(C)(C)OC(=O)N[C@H]1CN(C(=O)OCc2ccccc2)C[C@@H]1O. The molecular weight excluding hydrogens is 624 g/mol. The minimum absolute atomic E-state index is 0.105. The van der Waals surface area contributed by atoms with Gasteiger partial charge in [-0.3, -0.25) is 0 Å². The highest BCUT2D eigenvalue weighted by Gasteiger charge is 2.38. The van der Waals surface area contributed by atoms with Crippen LogP contribution in [0.5, 0.6) is 0 Å². The first-order chi connectivity index (χ1) is 22.5. The quantitative estimate of drug-likeness (QED) is 0.331. The average Bonchev–Trinajstić information content (AvgIpc) is 3.55. The van der Waals surface area contributed by atoms with Gasteiger partial charge in [0.05, 0.1) is 37.4 Å². The Morgan fingerprint density at radius 3 is 1.27 bits per heavy atom. The predicted molar refractivity (Wildman–Crippen MR) is 175 cm³/mol. The lowest BCUT2D eigenvalue weighted by Crippen LogP contribution is -2.45. The van der Waals surface area contributed by atoms with Crippen molar-refractivity contribution >= 4 is 24.4 Å². The van der Waals surface area contributed by atoms with Crippen LogP contribution < -0.4 is 10.6 Å². The topological polar surface area (TPSA) is 176 Å². The molecule has 0 unspecified atom stereocenters. The fourth-order valence-electron chi connectivity index (χ4n) is 4.69. The van der Waals surface area contributed by atoms with Crippen LogP contribution in [0.15, 0.2) is 60.7 Å². The van der Waals surface area contributed by atoms with E-state index in [1.807, 2.05) is 60.7 Å². The van der Waals surface area contributed by atoms with E-state index in [-0.39, 0.29) is 39.4 Å². The molecule has 2 heterocycles. The zero-order valence-electron chi connectivity index (χ0n) is 28.4. The van der Waals surface area contributed by atoms with Crippen molar-refractivity contribution in [1.29, 1.82) is 0 Å².